The maximum atomic E-state index is 13.6. The van der Waals surface area contributed by atoms with Crippen LogP contribution < -0.4 is 14.4 Å². The number of halogens is 2. The lowest BCUT2D eigenvalue weighted by Gasteiger charge is -2.32. The minimum atomic E-state index is -3.90. The number of hydrogen-bond donors (Lipinski definition) is 1. The Balaban J connectivity index is 2.44. The summed E-state index contributed by atoms with van der Waals surface area (Å²) in [5.41, 5.74) is 0.914. The second kappa shape index (κ2) is 12.6. The van der Waals surface area contributed by atoms with Crippen molar-refractivity contribution in [3.8, 4) is 5.75 Å². The number of nitrogens with one attached hydrogen (secondary N) is 1. The minimum absolute atomic E-state index is 0.110. The molecular weight excluding hydrogens is 558 g/mol. The molecule has 1 N–H and O–H groups in total. The molecule has 0 fully saturated rings. The van der Waals surface area contributed by atoms with Crippen LogP contribution in [0, 0.1) is 5.92 Å². The largest absolute Gasteiger partial charge is 0.495 e. The van der Waals surface area contributed by atoms with Crippen molar-refractivity contribution in [3.63, 3.8) is 0 Å². The Morgan fingerprint density at radius 3 is 2.40 bits per heavy atom. The number of benzene rings is 2. The molecule has 2 amide bonds. The summed E-state index contributed by atoms with van der Waals surface area (Å²) in [6.45, 7) is 5.59. The number of rotatable bonds is 11. The number of hydrogen-bond acceptors (Lipinski definition) is 5. The molecule has 0 bridgehead atoms. The van der Waals surface area contributed by atoms with Gasteiger partial charge in [0.15, 0.2) is 0 Å². The quantitative estimate of drug-likeness (QED) is 0.427. The van der Waals surface area contributed by atoms with Crippen LogP contribution in [0.15, 0.2) is 46.9 Å². The smallest absolute Gasteiger partial charge is 0.244 e. The van der Waals surface area contributed by atoms with Gasteiger partial charge in [0, 0.05) is 22.6 Å². The average Bonchev–Trinajstić information content (AvgIpc) is 2.78. The molecular formula is C24H31BrClN3O5S. The van der Waals surface area contributed by atoms with E-state index >= 15 is 0 Å². The fourth-order valence-electron chi connectivity index (χ4n) is 3.32. The molecule has 0 aliphatic rings. The van der Waals surface area contributed by atoms with Gasteiger partial charge in [-0.15, -0.1) is 0 Å². The summed E-state index contributed by atoms with van der Waals surface area (Å²) in [5.74, 6) is -0.400. The predicted molar refractivity (Wildman–Crippen MR) is 142 cm³/mol. The lowest BCUT2D eigenvalue weighted by molar-refractivity contribution is -0.139. The summed E-state index contributed by atoms with van der Waals surface area (Å²) in [4.78, 5) is 27.8. The van der Waals surface area contributed by atoms with Gasteiger partial charge >= 0.3 is 0 Å². The van der Waals surface area contributed by atoms with Crippen molar-refractivity contribution in [1.82, 2.24) is 10.2 Å². The van der Waals surface area contributed by atoms with Crippen molar-refractivity contribution in [3.05, 3.63) is 57.5 Å². The van der Waals surface area contributed by atoms with Gasteiger partial charge in [-0.1, -0.05) is 53.5 Å². The number of carbonyl (C=O) groups excluding carboxylic acids is 2. The number of nitrogens with zero attached hydrogens (tertiary/aromatic N) is 2. The van der Waals surface area contributed by atoms with Crippen molar-refractivity contribution in [2.24, 2.45) is 5.92 Å². The zero-order valence-corrected chi connectivity index (χ0v) is 23.6. The molecule has 2 aromatic rings. The molecule has 2 aromatic carbocycles. The van der Waals surface area contributed by atoms with E-state index in [2.05, 4.69) is 21.2 Å². The summed E-state index contributed by atoms with van der Waals surface area (Å²) in [7, 11) is -2.51. The van der Waals surface area contributed by atoms with Crippen LogP contribution >= 0.6 is 27.5 Å². The van der Waals surface area contributed by atoms with Gasteiger partial charge in [-0.05, 0) is 48.7 Å². The normalized spacial score (nSPS) is 12.2. The highest BCUT2D eigenvalue weighted by atomic mass is 79.9. The SMILES string of the molecule is COc1ccc(Cl)cc1N(CC(=O)N(Cc1cccc(Br)c1)C(C)C(=O)NCC(C)C)S(C)(=O)=O. The molecule has 0 aliphatic carbocycles. The highest BCUT2D eigenvalue weighted by Gasteiger charge is 2.31. The number of anilines is 1. The Morgan fingerprint density at radius 2 is 1.83 bits per heavy atom. The third kappa shape index (κ3) is 8.40. The Hall–Kier alpha value is -2.30. The number of sulfonamides is 1. The fraction of sp³-hybridized carbons (Fsp3) is 0.417. The number of carbonyl (C=O) groups is 2. The van der Waals surface area contributed by atoms with Crippen LogP contribution in [0.2, 0.25) is 5.02 Å². The molecule has 0 spiro atoms. The van der Waals surface area contributed by atoms with E-state index in [1.54, 1.807) is 13.0 Å². The maximum Gasteiger partial charge on any atom is 0.244 e. The van der Waals surface area contributed by atoms with E-state index < -0.39 is 28.5 Å². The summed E-state index contributed by atoms with van der Waals surface area (Å²) in [6, 6.07) is 11.0. The van der Waals surface area contributed by atoms with Gasteiger partial charge in [-0.3, -0.25) is 13.9 Å². The molecule has 1 unspecified atom stereocenters. The van der Waals surface area contributed by atoms with Gasteiger partial charge in [0.1, 0.15) is 18.3 Å². The highest BCUT2D eigenvalue weighted by molar-refractivity contribution is 9.10. The molecule has 0 radical (unpaired) electrons. The van der Waals surface area contributed by atoms with E-state index in [1.807, 2.05) is 38.1 Å². The molecule has 0 aromatic heterocycles. The van der Waals surface area contributed by atoms with Gasteiger partial charge < -0.3 is 15.0 Å². The molecule has 0 saturated carbocycles. The van der Waals surface area contributed by atoms with Crippen molar-refractivity contribution in [2.45, 2.75) is 33.4 Å². The molecule has 0 heterocycles. The van der Waals surface area contributed by atoms with Gasteiger partial charge in [-0.25, -0.2) is 8.42 Å². The first kappa shape index (κ1) is 28.9. The summed E-state index contributed by atoms with van der Waals surface area (Å²) < 4.78 is 32.5. The fourth-order valence-corrected chi connectivity index (χ4v) is 4.78. The van der Waals surface area contributed by atoms with Crippen molar-refractivity contribution in [1.29, 1.82) is 0 Å². The highest BCUT2D eigenvalue weighted by Crippen LogP contribution is 2.33. The topological polar surface area (TPSA) is 96.0 Å². The lowest BCUT2D eigenvalue weighted by Crippen LogP contribution is -2.51. The summed E-state index contributed by atoms with van der Waals surface area (Å²) >= 11 is 9.53. The number of ether oxygens (including phenoxy) is 1. The monoisotopic (exact) mass is 587 g/mol. The predicted octanol–water partition coefficient (Wildman–Crippen LogP) is 4.07. The van der Waals surface area contributed by atoms with E-state index in [1.165, 1.54) is 24.1 Å². The van der Waals surface area contributed by atoms with E-state index in [0.29, 0.717) is 6.54 Å². The maximum absolute atomic E-state index is 13.6. The van der Waals surface area contributed by atoms with Crippen LogP contribution in [0.3, 0.4) is 0 Å². The third-order valence-electron chi connectivity index (χ3n) is 5.18. The van der Waals surface area contributed by atoms with E-state index in [-0.39, 0.29) is 34.8 Å². The standard InChI is InChI=1S/C24H31BrClN3O5S/c1-16(2)13-27-24(31)17(3)28(14-18-7-6-8-19(25)11-18)23(30)15-29(35(5,32)33)21-12-20(26)9-10-22(21)34-4/h6-12,16-17H,13-15H2,1-5H3,(H,27,31). The van der Waals surface area contributed by atoms with E-state index in [0.717, 1.165) is 20.6 Å². The molecule has 35 heavy (non-hydrogen) atoms. The first-order valence-electron chi connectivity index (χ1n) is 11.0. The first-order chi connectivity index (χ1) is 16.3. The van der Waals surface area contributed by atoms with Gasteiger partial charge in [0.05, 0.1) is 19.1 Å². The van der Waals surface area contributed by atoms with Crippen LogP contribution in [0.25, 0.3) is 0 Å². The Labute approximate surface area is 220 Å². The zero-order chi connectivity index (χ0) is 26.3. The summed E-state index contributed by atoms with van der Waals surface area (Å²) in [5, 5.41) is 3.13. The third-order valence-corrected chi connectivity index (χ3v) is 7.04. The molecule has 192 valence electrons. The molecule has 2 rings (SSSR count). The van der Waals surface area contributed by atoms with Crippen LogP contribution in [-0.2, 0) is 26.2 Å². The van der Waals surface area contributed by atoms with Crippen LogP contribution in [0.5, 0.6) is 5.75 Å². The first-order valence-corrected chi connectivity index (χ1v) is 14.0. The second-order valence-electron chi connectivity index (χ2n) is 8.55. The van der Waals surface area contributed by atoms with Crippen LogP contribution in [0.1, 0.15) is 26.3 Å². The Bertz CT molecular complexity index is 1160. The molecule has 8 nitrogen and oxygen atoms in total. The number of methoxy groups -OCH3 is 1. The lowest BCUT2D eigenvalue weighted by atomic mass is 10.1. The minimum Gasteiger partial charge on any atom is -0.495 e. The summed E-state index contributed by atoms with van der Waals surface area (Å²) in [6.07, 6.45) is 0.998. The van der Waals surface area contributed by atoms with Crippen LogP contribution in [0.4, 0.5) is 5.69 Å². The molecule has 1 atom stereocenters. The zero-order valence-electron chi connectivity index (χ0n) is 20.4. The molecule has 0 saturated heterocycles. The van der Waals surface area contributed by atoms with Crippen molar-refractivity contribution < 1.29 is 22.7 Å². The Morgan fingerprint density at radius 1 is 1.14 bits per heavy atom. The molecule has 0 aliphatic heterocycles. The van der Waals surface area contributed by atoms with Crippen molar-refractivity contribution >= 4 is 55.1 Å². The van der Waals surface area contributed by atoms with Gasteiger partial charge in [0.25, 0.3) is 0 Å². The van der Waals surface area contributed by atoms with E-state index in [9.17, 15) is 18.0 Å². The Kier molecular flexibility index (Phi) is 10.4. The molecule has 11 heteroatoms. The van der Waals surface area contributed by atoms with E-state index in [4.69, 9.17) is 16.3 Å². The van der Waals surface area contributed by atoms with Crippen molar-refractivity contribution in [2.75, 3.05) is 30.8 Å². The number of amides is 2. The van der Waals surface area contributed by atoms with Gasteiger partial charge in [-0.2, -0.15) is 0 Å². The average molecular weight is 589 g/mol. The van der Waals surface area contributed by atoms with Gasteiger partial charge in [0.2, 0.25) is 21.8 Å². The van der Waals surface area contributed by atoms with Crippen LogP contribution in [-0.4, -0.2) is 57.6 Å². The second-order valence-corrected chi connectivity index (χ2v) is 11.8.